The average Bonchev–Trinajstić information content (AvgIpc) is 2.34. The maximum absolute atomic E-state index is 12.1. The van der Waals surface area contributed by atoms with Crippen LogP contribution in [0.1, 0.15) is 31.8 Å². The minimum atomic E-state index is -0.808. The van der Waals surface area contributed by atoms with Crippen LogP contribution in [0, 0.1) is 12.3 Å². The predicted molar refractivity (Wildman–Crippen MR) is 73.8 cm³/mol. The number of carbonyl (C=O) groups is 1. The second kappa shape index (κ2) is 5.86. The molecule has 0 radical (unpaired) electrons. The van der Waals surface area contributed by atoms with Gasteiger partial charge in [0.25, 0.3) is 0 Å². The normalized spacial score (nSPS) is 13.7. The zero-order valence-electron chi connectivity index (χ0n) is 10.9. The minimum Gasteiger partial charge on any atom is -0.392 e. The topological polar surface area (TPSA) is 80.9 Å². The van der Waals surface area contributed by atoms with Crippen molar-refractivity contribution in [3.8, 4) is 0 Å². The first-order chi connectivity index (χ1) is 8.40. The number of aryl methyl sites for hydroxylation is 1. The smallest absolute Gasteiger partial charge is 0.233 e. The van der Waals surface area contributed by atoms with Crippen LogP contribution < -0.4 is 11.1 Å². The fourth-order valence-electron chi connectivity index (χ4n) is 1.42. The molecule has 1 rings (SSSR count). The van der Waals surface area contributed by atoms with Crippen LogP contribution in [-0.4, -0.2) is 20.9 Å². The molecule has 0 aliphatic carbocycles. The molecule has 0 bridgehead atoms. The van der Waals surface area contributed by atoms with Gasteiger partial charge in [0.2, 0.25) is 5.91 Å². The van der Waals surface area contributed by atoms with Crippen molar-refractivity contribution in [3.63, 3.8) is 0 Å². The molecule has 0 aliphatic heterocycles. The number of nitrogens with one attached hydrogen (secondary N) is 1. The molecule has 98 valence electrons. The van der Waals surface area contributed by atoms with Gasteiger partial charge in [-0.3, -0.25) is 4.79 Å². The van der Waals surface area contributed by atoms with Crippen molar-refractivity contribution in [1.29, 1.82) is 0 Å². The zero-order chi connectivity index (χ0) is 13.8. The number of aromatic nitrogens is 2. The summed E-state index contributed by atoms with van der Waals surface area (Å²) in [6.07, 6.45) is 2.23. The van der Waals surface area contributed by atoms with Crippen molar-refractivity contribution in [2.75, 3.05) is 0 Å². The lowest BCUT2D eigenvalue weighted by atomic mass is 9.86. The van der Waals surface area contributed by atoms with Crippen LogP contribution in [0.4, 0.5) is 0 Å². The maximum Gasteiger partial charge on any atom is 0.233 e. The van der Waals surface area contributed by atoms with Gasteiger partial charge in [-0.1, -0.05) is 19.1 Å². The van der Waals surface area contributed by atoms with E-state index in [0.717, 1.165) is 5.69 Å². The number of hydrogen-bond donors (Lipinski definition) is 2. The summed E-state index contributed by atoms with van der Waals surface area (Å²) in [7, 11) is 0. The van der Waals surface area contributed by atoms with Crippen molar-refractivity contribution in [2.24, 2.45) is 11.1 Å². The molecule has 18 heavy (non-hydrogen) atoms. The number of carbonyl (C=O) groups excluding carboxylic acids is 1. The third-order valence-electron chi connectivity index (χ3n) is 3.02. The quantitative estimate of drug-likeness (QED) is 0.780. The Bertz CT molecular complexity index is 463. The van der Waals surface area contributed by atoms with Crippen molar-refractivity contribution in [1.82, 2.24) is 15.3 Å². The second-order valence-corrected chi connectivity index (χ2v) is 4.77. The average molecular weight is 266 g/mol. The van der Waals surface area contributed by atoms with Crippen LogP contribution in [0.25, 0.3) is 0 Å². The highest BCUT2D eigenvalue weighted by Gasteiger charge is 2.34. The highest BCUT2D eigenvalue weighted by atomic mass is 32.1. The van der Waals surface area contributed by atoms with Crippen molar-refractivity contribution >= 4 is 23.1 Å². The summed E-state index contributed by atoms with van der Waals surface area (Å²) in [5.74, 6) is 0.503. The monoisotopic (exact) mass is 266 g/mol. The van der Waals surface area contributed by atoms with E-state index in [1.54, 1.807) is 26.1 Å². The zero-order valence-corrected chi connectivity index (χ0v) is 11.7. The van der Waals surface area contributed by atoms with Gasteiger partial charge in [-0.05, 0) is 26.3 Å². The van der Waals surface area contributed by atoms with E-state index in [1.165, 1.54) is 0 Å². The lowest BCUT2D eigenvalue weighted by Gasteiger charge is -2.25. The predicted octanol–water partition coefficient (Wildman–Crippen LogP) is 1.10. The van der Waals surface area contributed by atoms with Gasteiger partial charge < -0.3 is 11.1 Å². The molecule has 0 spiro atoms. The van der Waals surface area contributed by atoms with Crippen LogP contribution in [0.5, 0.6) is 0 Å². The Balaban J connectivity index is 2.69. The fourth-order valence-corrected chi connectivity index (χ4v) is 1.65. The molecule has 0 saturated heterocycles. The van der Waals surface area contributed by atoms with E-state index in [0.29, 0.717) is 18.8 Å². The van der Waals surface area contributed by atoms with E-state index in [2.05, 4.69) is 15.3 Å². The summed E-state index contributed by atoms with van der Waals surface area (Å²) < 4.78 is 0. The van der Waals surface area contributed by atoms with E-state index in [-0.39, 0.29) is 10.9 Å². The molecule has 5 nitrogen and oxygen atoms in total. The number of rotatable bonds is 5. The maximum atomic E-state index is 12.1. The molecule has 1 amide bonds. The van der Waals surface area contributed by atoms with Gasteiger partial charge >= 0.3 is 0 Å². The molecule has 0 fully saturated rings. The third kappa shape index (κ3) is 3.22. The molecule has 1 aromatic rings. The Labute approximate surface area is 112 Å². The van der Waals surface area contributed by atoms with E-state index in [4.69, 9.17) is 18.0 Å². The van der Waals surface area contributed by atoms with Crippen LogP contribution in [0.2, 0.25) is 0 Å². The van der Waals surface area contributed by atoms with Crippen molar-refractivity contribution in [3.05, 3.63) is 23.8 Å². The molecule has 0 aromatic carbocycles. The molecular formula is C12H18N4OS. The number of hydrogen-bond acceptors (Lipinski definition) is 4. The first-order valence-corrected chi connectivity index (χ1v) is 6.17. The molecule has 6 heteroatoms. The summed E-state index contributed by atoms with van der Waals surface area (Å²) in [6, 6.07) is 1.76. The number of nitrogens with two attached hydrogens (primary N) is 1. The van der Waals surface area contributed by atoms with Crippen LogP contribution in [0.3, 0.4) is 0 Å². The number of nitrogens with zero attached hydrogens (tertiary/aromatic N) is 2. The summed E-state index contributed by atoms with van der Waals surface area (Å²) in [4.78, 5) is 20.5. The second-order valence-electron chi connectivity index (χ2n) is 4.33. The fraction of sp³-hybridized carbons (Fsp3) is 0.500. The van der Waals surface area contributed by atoms with E-state index >= 15 is 0 Å². The van der Waals surface area contributed by atoms with Crippen LogP contribution in [0.15, 0.2) is 12.3 Å². The molecular weight excluding hydrogens is 248 g/mol. The SMILES string of the molecule is CCC(C)(C(=O)NCc1ccnc(C)n1)C(N)=S. The summed E-state index contributed by atoms with van der Waals surface area (Å²) in [6.45, 7) is 5.78. The first kappa shape index (κ1) is 14.5. The van der Waals surface area contributed by atoms with Gasteiger partial charge in [-0.2, -0.15) is 0 Å². The molecule has 1 unspecified atom stereocenters. The lowest BCUT2D eigenvalue weighted by molar-refractivity contribution is -0.127. The Morgan fingerprint density at radius 3 is 2.78 bits per heavy atom. The van der Waals surface area contributed by atoms with Crippen LogP contribution >= 0.6 is 12.2 Å². The van der Waals surface area contributed by atoms with Gasteiger partial charge in [0.05, 0.1) is 22.6 Å². The van der Waals surface area contributed by atoms with E-state index in [1.807, 2.05) is 6.92 Å². The molecule has 1 aromatic heterocycles. The molecule has 0 saturated carbocycles. The van der Waals surface area contributed by atoms with E-state index in [9.17, 15) is 4.79 Å². The highest BCUT2D eigenvalue weighted by molar-refractivity contribution is 7.80. The lowest BCUT2D eigenvalue weighted by Crippen LogP contribution is -2.46. The summed E-state index contributed by atoms with van der Waals surface area (Å²) in [5.41, 5.74) is 5.57. The third-order valence-corrected chi connectivity index (χ3v) is 3.47. The number of thiocarbonyl (C=S) groups is 1. The molecule has 3 N–H and O–H groups in total. The number of amides is 1. The largest absolute Gasteiger partial charge is 0.392 e. The van der Waals surface area contributed by atoms with Gasteiger partial charge in [0.1, 0.15) is 5.82 Å². The molecule has 0 aliphatic rings. The van der Waals surface area contributed by atoms with Gasteiger partial charge in [0, 0.05) is 6.20 Å². The standard InChI is InChI=1S/C12H18N4OS/c1-4-12(3,10(13)18)11(17)15-7-9-5-6-14-8(2)16-9/h5-6H,4,7H2,1-3H3,(H2,13,18)(H,15,17). The Morgan fingerprint density at radius 2 is 2.28 bits per heavy atom. The van der Waals surface area contributed by atoms with Crippen LogP contribution in [-0.2, 0) is 11.3 Å². The van der Waals surface area contributed by atoms with E-state index < -0.39 is 5.41 Å². The Kier molecular flexibility index (Phi) is 4.72. The first-order valence-electron chi connectivity index (χ1n) is 5.77. The Morgan fingerprint density at radius 1 is 1.61 bits per heavy atom. The minimum absolute atomic E-state index is 0.172. The summed E-state index contributed by atoms with van der Waals surface area (Å²) in [5, 5.41) is 2.80. The van der Waals surface area contributed by atoms with Crippen molar-refractivity contribution in [2.45, 2.75) is 33.7 Å². The molecule has 1 atom stereocenters. The highest BCUT2D eigenvalue weighted by Crippen LogP contribution is 2.21. The summed E-state index contributed by atoms with van der Waals surface area (Å²) >= 11 is 4.95. The Hall–Kier alpha value is -1.56. The molecule has 1 heterocycles. The van der Waals surface area contributed by atoms with Gasteiger partial charge in [-0.15, -0.1) is 0 Å². The van der Waals surface area contributed by atoms with Gasteiger partial charge in [-0.25, -0.2) is 9.97 Å². The van der Waals surface area contributed by atoms with Gasteiger partial charge in [0.15, 0.2) is 0 Å². The van der Waals surface area contributed by atoms with Crippen molar-refractivity contribution < 1.29 is 4.79 Å².